The number of ether oxygens (including phenoxy) is 1. The highest BCUT2D eigenvalue weighted by atomic mass is 35.5. The molecule has 4 rings (SSSR count). The van der Waals surface area contributed by atoms with Crippen molar-refractivity contribution in [1.82, 2.24) is 20.3 Å². The first-order valence-corrected chi connectivity index (χ1v) is 14.3. The van der Waals surface area contributed by atoms with Crippen LogP contribution < -0.4 is 26.4 Å². The van der Waals surface area contributed by atoms with Crippen LogP contribution in [0.15, 0.2) is 42.5 Å². The Hall–Kier alpha value is -4.46. The first kappa shape index (κ1) is 37.4. The van der Waals surface area contributed by atoms with Gasteiger partial charge < -0.3 is 36.5 Å². The van der Waals surface area contributed by atoms with Crippen molar-refractivity contribution in [3.63, 3.8) is 0 Å². The Morgan fingerprint density at radius 2 is 1.69 bits per heavy atom. The van der Waals surface area contributed by atoms with Crippen molar-refractivity contribution in [3.05, 3.63) is 69.2 Å². The van der Waals surface area contributed by atoms with Gasteiger partial charge in [0.2, 0.25) is 17.7 Å². The van der Waals surface area contributed by atoms with E-state index in [2.05, 4.69) is 30.9 Å². The average Bonchev–Trinajstić information content (AvgIpc) is 3.41. The summed E-state index contributed by atoms with van der Waals surface area (Å²) in [5, 5.41) is 16.8. The zero-order valence-electron chi connectivity index (χ0n) is 24.5. The summed E-state index contributed by atoms with van der Waals surface area (Å²) in [5.41, 5.74) is 0.398. The number of nitrogens with two attached hydrogens (primary N) is 1. The number of anilines is 3. The molecule has 0 fully saturated rings. The molecule has 0 aliphatic carbocycles. The molecule has 0 radical (unpaired) electrons. The fourth-order valence-corrected chi connectivity index (χ4v) is 4.56. The van der Waals surface area contributed by atoms with Crippen LogP contribution in [0.1, 0.15) is 28.4 Å². The molecule has 264 valence electrons. The Bertz CT molecular complexity index is 1850. The summed E-state index contributed by atoms with van der Waals surface area (Å²) in [6, 6.07) is 4.85. The molecule has 2 atom stereocenters. The summed E-state index contributed by atoms with van der Waals surface area (Å²) in [4.78, 5) is 36.2. The van der Waals surface area contributed by atoms with Crippen LogP contribution in [0.3, 0.4) is 0 Å². The normalized spacial score (nSPS) is 14.0. The summed E-state index contributed by atoms with van der Waals surface area (Å²) in [6.07, 6.45) is -12.8. The SMILES string of the molecule is CC(O)(C(N)C(=O)NCc1ccc(Cl)c(Nc2nc3nc(OCC(F)F)c(C(=O)Nc4ccc(C(F)(F)F)cc4)cc3[nH]2)c1Cl)C(F)(F)F. The highest BCUT2D eigenvalue weighted by Crippen LogP contribution is 2.36. The maximum absolute atomic E-state index is 13.1. The predicted octanol–water partition coefficient (Wildman–Crippen LogP) is 6.18. The molecular formula is C28H23Cl2F8N7O4. The molecule has 0 spiro atoms. The number of aliphatic hydroxyl groups is 1. The van der Waals surface area contributed by atoms with Crippen molar-refractivity contribution < 1.29 is 54.6 Å². The van der Waals surface area contributed by atoms with Crippen molar-refractivity contribution in [2.75, 3.05) is 17.2 Å². The van der Waals surface area contributed by atoms with Gasteiger partial charge >= 0.3 is 12.4 Å². The van der Waals surface area contributed by atoms with Crippen LogP contribution >= 0.6 is 23.2 Å². The average molecular weight is 744 g/mol. The molecule has 2 unspecified atom stereocenters. The second kappa shape index (κ2) is 14.2. The first-order valence-electron chi connectivity index (χ1n) is 13.6. The minimum Gasteiger partial charge on any atom is -0.471 e. The number of benzene rings is 2. The quantitative estimate of drug-likeness (QED) is 0.0991. The molecule has 2 aromatic heterocycles. The van der Waals surface area contributed by atoms with Gasteiger partial charge in [-0.3, -0.25) is 9.59 Å². The number of fused-ring (bicyclic) bond motifs is 1. The number of rotatable bonds is 11. The number of H-pyrrole nitrogens is 1. The van der Waals surface area contributed by atoms with E-state index in [-0.39, 0.29) is 49.7 Å². The molecule has 0 aliphatic heterocycles. The van der Waals surface area contributed by atoms with Gasteiger partial charge in [0.25, 0.3) is 12.3 Å². The molecule has 2 amide bonds. The van der Waals surface area contributed by atoms with Gasteiger partial charge in [0.05, 0.1) is 26.8 Å². The van der Waals surface area contributed by atoms with Crippen molar-refractivity contribution in [2.24, 2.45) is 5.73 Å². The lowest BCUT2D eigenvalue weighted by molar-refractivity contribution is -0.258. The third kappa shape index (κ3) is 8.59. The zero-order valence-corrected chi connectivity index (χ0v) is 26.0. The molecule has 0 saturated carbocycles. The number of imidazole rings is 1. The summed E-state index contributed by atoms with van der Waals surface area (Å²) < 4.78 is 109. The summed E-state index contributed by atoms with van der Waals surface area (Å²) in [5.74, 6) is -3.00. The van der Waals surface area contributed by atoms with Crippen LogP contribution in [-0.2, 0) is 17.5 Å². The number of aromatic amines is 1. The fraction of sp³-hybridized carbons (Fsp3) is 0.286. The van der Waals surface area contributed by atoms with Gasteiger partial charge in [0.15, 0.2) is 17.9 Å². The lowest BCUT2D eigenvalue weighted by Crippen LogP contribution is -2.62. The van der Waals surface area contributed by atoms with Crippen molar-refractivity contribution >= 4 is 63.5 Å². The van der Waals surface area contributed by atoms with Gasteiger partial charge in [-0.1, -0.05) is 29.3 Å². The third-order valence-electron chi connectivity index (χ3n) is 6.83. The minimum absolute atomic E-state index is 0.00256. The van der Waals surface area contributed by atoms with Gasteiger partial charge in [-0.2, -0.15) is 36.3 Å². The second-order valence-corrected chi connectivity index (χ2v) is 11.2. The standard InChI is InChI=1S/C28H23Cl2F8N7O4/c1-26(48,28(36,37)38)20(39)23(47)40-9-11-2-7-15(29)19(18(11)30)43-25-42-16-8-14(24(44-21(16)45-25)49-10-17(31)32)22(46)41-13-5-3-12(4-6-13)27(33,34)35/h2-8,17,20,48H,9-10,39H2,1H3,(H,40,47)(H,41,46)(H2,42,43,44,45). The first-order chi connectivity index (χ1) is 22.7. The van der Waals surface area contributed by atoms with Crippen LogP contribution in [0, 0.1) is 0 Å². The van der Waals surface area contributed by atoms with Crippen molar-refractivity contribution in [1.29, 1.82) is 0 Å². The highest BCUT2D eigenvalue weighted by molar-refractivity contribution is 6.39. The van der Waals surface area contributed by atoms with Crippen LogP contribution in [0.4, 0.5) is 52.4 Å². The van der Waals surface area contributed by atoms with Gasteiger partial charge in [-0.25, -0.2) is 8.78 Å². The van der Waals surface area contributed by atoms with E-state index in [1.165, 1.54) is 12.1 Å². The number of nitrogens with zero attached hydrogens (tertiary/aromatic N) is 2. The highest BCUT2D eigenvalue weighted by Gasteiger charge is 2.56. The van der Waals surface area contributed by atoms with E-state index in [9.17, 15) is 49.8 Å². The Labute approximate surface area is 280 Å². The van der Waals surface area contributed by atoms with Gasteiger partial charge in [0.1, 0.15) is 11.6 Å². The van der Waals surface area contributed by atoms with E-state index in [4.69, 9.17) is 33.7 Å². The molecule has 11 nitrogen and oxygen atoms in total. The lowest BCUT2D eigenvalue weighted by atomic mass is 9.95. The molecule has 0 aliphatic rings. The summed E-state index contributed by atoms with van der Waals surface area (Å²) >= 11 is 12.7. The maximum atomic E-state index is 13.1. The van der Waals surface area contributed by atoms with Crippen LogP contribution in [0.2, 0.25) is 10.0 Å². The summed E-state index contributed by atoms with van der Waals surface area (Å²) in [7, 11) is 0. The Morgan fingerprint density at radius 3 is 2.29 bits per heavy atom. The molecule has 0 saturated heterocycles. The monoisotopic (exact) mass is 743 g/mol. The fourth-order valence-electron chi connectivity index (χ4n) is 4.03. The number of aromatic nitrogens is 3. The number of carbonyl (C=O) groups excluding carboxylic acids is 2. The molecule has 21 heteroatoms. The van der Waals surface area contributed by atoms with Gasteiger partial charge in [-0.05, 0) is 48.9 Å². The zero-order chi connectivity index (χ0) is 36.5. The molecule has 49 heavy (non-hydrogen) atoms. The molecule has 4 aromatic rings. The number of pyridine rings is 1. The topological polar surface area (TPSA) is 167 Å². The second-order valence-electron chi connectivity index (χ2n) is 10.4. The van der Waals surface area contributed by atoms with Gasteiger partial charge in [0, 0.05) is 12.2 Å². The Balaban J connectivity index is 1.58. The summed E-state index contributed by atoms with van der Waals surface area (Å²) in [6.45, 7) is -1.27. The molecule has 7 N–H and O–H groups in total. The number of hydrogen-bond acceptors (Lipinski definition) is 8. The Morgan fingerprint density at radius 1 is 1.04 bits per heavy atom. The Kier molecular flexibility index (Phi) is 10.8. The maximum Gasteiger partial charge on any atom is 0.418 e. The predicted molar refractivity (Wildman–Crippen MR) is 161 cm³/mol. The number of alkyl halides is 8. The van der Waals surface area contributed by atoms with Gasteiger partial charge in [-0.15, -0.1) is 0 Å². The molecule has 2 heterocycles. The smallest absolute Gasteiger partial charge is 0.418 e. The van der Waals surface area contributed by atoms with Crippen molar-refractivity contribution in [3.8, 4) is 5.88 Å². The number of nitrogens with one attached hydrogen (secondary N) is 4. The number of amides is 2. The van der Waals surface area contributed by atoms with E-state index in [1.54, 1.807) is 0 Å². The van der Waals surface area contributed by atoms with E-state index >= 15 is 0 Å². The van der Waals surface area contributed by atoms with E-state index in [0.717, 1.165) is 30.3 Å². The van der Waals surface area contributed by atoms with Crippen LogP contribution in [0.5, 0.6) is 5.88 Å². The number of hydrogen-bond donors (Lipinski definition) is 6. The van der Waals surface area contributed by atoms with E-state index < -0.39 is 66.8 Å². The lowest BCUT2D eigenvalue weighted by Gasteiger charge is -2.31. The van der Waals surface area contributed by atoms with Crippen molar-refractivity contribution in [2.45, 2.75) is 43.9 Å². The number of halogens is 10. The number of carbonyl (C=O) groups is 2. The molecule has 0 bridgehead atoms. The largest absolute Gasteiger partial charge is 0.471 e. The van der Waals surface area contributed by atoms with E-state index in [0.29, 0.717) is 6.92 Å². The third-order valence-corrected chi connectivity index (χ3v) is 7.58. The van der Waals surface area contributed by atoms with Crippen LogP contribution in [0.25, 0.3) is 11.2 Å². The minimum atomic E-state index is -5.20. The molecular weight excluding hydrogens is 721 g/mol. The molecule has 2 aromatic carbocycles. The van der Waals surface area contributed by atoms with E-state index in [1.807, 2.05) is 0 Å². The van der Waals surface area contributed by atoms with Crippen LogP contribution in [-0.4, -0.2) is 62.7 Å².